The molecule has 0 bridgehead atoms. The average Bonchev–Trinajstić information content (AvgIpc) is 2.59. The van der Waals surface area contributed by atoms with Crippen molar-refractivity contribution in [2.24, 2.45) is 5.92 Å². The van der Waals surface area contributed by atoms with Gasteiger partial charge >= 0.3 is 0 Å². The van der Waals surface area contributed by atoms with Gasteiger partial charge in [0, 0.05) is 17.8 Å². The first kappa shape index (κ1) is 9.68. The fourth-order valence-corrected chi connectivity index (χ4v) is 10.8. The number of hydrogen-bond acceptors (Lipinski definition) is 2. The van der Waals surface area contributed by atoms with Crippen LogP contribution in [0.4, 0.5) is 0 Å². The van der Waals surface area contributed by atoms with Crippen LogP contribution in [0.15, 0.2) is 0 Å². The zero-order valence-corrected chi connectivity index (χ0v) is 10.0. The molecule has 12 heavy (non-hydrogen) atoms. The molecule has 1 aliphatic carbocycles. The monoisotopic (exact) mass is 220 g/mol. The molecule has 2 fully saturated rings. The van der Waals surface area contributed by atoms with Crippen molar-refractivity contribution in [2.45, 2.75) is 32.1 Å². The summed E-state index contributed by atoms with van der Waals surface area (Å²) in [6, 6.07) is 0. The molecule has 0 radical (unpaired) electrons. The van der Waals surface area contributed by atoms with Crippen LogP contribution in [-0.4, -0.2) is 17.7 Å². The Labute approximate surface area is 84.9 Å². The van der Waals surface area contributed by atoms with Crippen LogP contribution in [0.3, 0.4) is 0 Å². The van der Waals surface area contributed by atoms with Crippen LogP contribution in [0.25, 0.3) is 0 Å². The Balaban J connectivity index is 1.69. The first-order chi connectivity index (χ1) is 5.95. The summed E-state index contributed by atoms with van der Waals surface area (Å²) >= 11 is 4.53. The Kier molecular flexibility index (Phi) is 4.13. The van der Waals surface area contributed by atoms with E-state index in [2.05, 4.69) is 22.8 Å². The third-order valence-electron chi connectivity index (χ3n) is 2.69. The standard InChI is InChI=1S/C9H17PS2/c1-2-4-9(5-3-1)8-10-11-6-7-12-10/h9H,1-8H2. The first-order valence-electron chi connectivity index (χ1n) is 4.98. The highest BCUT2D eigenvalue weighted by Crippen LogP contribution is 2.67. The average molecular weight is 220 g/mol. The lowest BCUT2D eigenvalue weighted by Crippen LogP contribution is -2.08. The van der Waals surface area contributed by atoms with E-state index in [0.29, 0.717) is 6.33 Å². The summed E-state index contributed by atoms with van der Waals surface area (Å²) in [4.78, 5) is 0. The largest absolute Gasteiger partial charge is 0.122 e. The van der Waals surface area contributed by atoms with Crippen LogP contribution in [0.1, 0.15) is 32.1 Å². The van der Waals surface area contributed by atoms with Gasteiger partial charge in [-0.15, -0.1) is 22.8 Å². The van der Waals surface area contributed by atoms with Crippen molar-refractivity contribution < 1.29 is 0 Å². The predicted octanol–water partition coefficient (Wildman–Crippen LogP) is 4.36. The van der Waals surface area contributed by atoms with Crippen molar-refractivity contribution in [1.29, 1.82) is 0 Å². The van der Waals surface area contributed by atoms with Crippen LogP contribution in [0, 0.1) is 5.92 Å². The molecule has 0 amide bonds. The Morgan fingerprint density at radius 2 is 1.67 bits per heavy atom. The molecule has 0 atom stereocenters. The zero-order valence-electron chi connectivity index (χ0n) is 7.50. The maximum atomic E-state index is 2.26. The topological polar surface area (TPSA) is 0 Å². The Morgan fingerprint density at radius 3 is 2.33 bits per heavy atom. The summed E-state index contributed by atoms with van der Waals surface area (Å²) in [6.45, 7) is 0. The molecule has 0 aromatic heterocycles. The van der Waals surface area contributed by atoms with E-state index in [4.69, 9.17) is 0 Å². The van der Waals surface area contributed by atoms with Crippen molar-refractivity contribution in [3.8, 4) is 0 Å². The maximum absolute atomic E-state index is 2.26. The molecule has 0 aromatic carbocycles. The lowest BCUT2D eigenvalue weighted by Gasteiger charge is -2.23. The lowest BCUT2D eigenvalue weighted by molar-refractivity contribution is 0.390. The summed E-state index contributed by atoms with van der Waals surface area (Å²) < 4.78 is 0. The van der Waals surface area contributed by atoms with Gasteiger partial charge in [0.15, 0.2) is 0 Å². The molecule has 1 aliphatic heterocycles. The summed E-state index contributed by atoms with van der Waals surface area (Å²) in [5, 5.41) is 0. The molecule has 0 N–H and O–H groups in total. The lowest BCUT2D eigenvalue weighted by atomic mass is 9.91. The molecule has 0 nitrogen and oxygen atoms in total. The highest BCUT2D eigenvalue weighted by molar-refractivity contribution is 8.89. The Hall–Kier alpha value is 1.13. The second-order valence-electron chi connectivity index (χ2n) is 3.69. The van der Waals surface area contributed by atoms with E-state index in [9.17, 15) is 0 Å². The van der Waals surface area contributed by atoms with Gasteiger partial charge in [0.2, 0.25) is 0 Å². The summed E-state index contributed by atoms with van der Waals surface area (Å²) in [7, 11) is 0. The second-order valence-corrected chi connectivity index (χ2v) is 10.9. The summed E-state index contributed by atoms with van der Waals surface area (Å²) in [6.07, 6.45) is 9.57. The molecular weight excluding hydrogens is 203 g/mol. The molecule has 3 heteroatoms. The number of hydrogen-bond donors (Lipinski definition) is 0. The van der Waals surface area contributed by atoms with E-state index in [-0.39, 0.29) is 0 Å². The molecular formula is C9H17PS2. The van der Waals surface area contributed by atoms with Gasteiger partial charge < -0.3 is 0 Å². The van der Waals surface area contributed by atoms with Gasteiger partial charge in [-0.05, 0) is 12.1 Å². The van der Waals surface area contributed by atoms with Gasteiger partial charge in [-0.2, -0.15) is 0 Å². The smallest absolute Gasteiger partial charge is 0.0125 e. The van der Waals surface area contributed by atoms with Crippen LogP contribution in [-0.2, 0) is 0 Å². The van der Waals surface area contributed by atoms with Crippen molar-refractivity contribution in [3.63, 3.8) is 0 Å². The minimum Gasteiger partial charge on any atom is -0.122 e. The van der Waals surface area contributed by atoms with Gasteiger partial charge in [0.25, 0.3) is 0 Å². The minimum atomic E-state index is 0.365. The molecule has 1 saturated heterocycles. The fraction of sp³-hybridized carbons (Fsp3) is 1.00. The fourth-order valence-electron chi connectivity index (χ4n) is 2.00. The first-order valence-corrected chi connectivity index (χ1v) is 9.69. The second kappa shape index (κ2) is 5.12. The minimum absolute atomic E-state index is 0.365. The van der Waals surface area contributed by atoms with Gasteiger partial charge in [0.1, 0.15) is 0 Å². The molecule has 0 spiro atoms. The Morgan fingerprint density at radius 1 is 1.00 bits per heavy atom. The van der Waals surface area contributed by atoms with E-state index in [1.54, 1.807) is 19.0 Å². The zero-order chi connectivity index (χ0) is 8.23. The number of rotatable bonds is 2. The maximum Gasteiger partial charge on any atom is 0.0125 e. The summed E-state index contributed by atoms with van der Waals surface area (Å²) in [5.41, 5.74) is 0. The third-order valence-corrected chi connectivity index (χ3v) is 10.7. The van der Waals surface area contributed by atoms with Gasteiger partial charge in [0.05, 0.1) is 0 Å². The van der Waals surface area contributed by atoms with Crippen molar-refractivity contribution in [3.05, 3.63) is 0 Å². The van der Waals surface area contributed by atoms with E-state index in [1.165, 1.54) is 30.8 Å². The van der Waals surface area contributed by atoms with Crippen LogP contribution in [0.2, 0.25) is 0 Å². The van der Waals surface area contributed by atoms with E-state index < -0.39 is 0 Å². The molecule has 1 heterocycles. The molecule has 2 aliphatic rings. The van der Waals surface area contributed by atoms with Crippen molar-refractivity contribution in [1.82, 2.24) is 0 Å². The normalized spacial score (nSPS) is 28.0. The molecule has 0 aromatic rings. The highest BCUT2D eigenvalue weighted by atomic mass is 33.1. The molecule has 70 valence electrons. The van der Waals surface area contributed by atoms with Crippen molar-refractivity contribution in [2.75, 3.05) is 17.7 Å². The summed E-state index contributed by atoms with van der Waals surface area (Å²) in [5.74, 6) is 3.98. The van der Waals surface area contributed by atoms with Crippen LogP contribution in [0.5, 0.6) is 0 Å². The molecule has 2 rings (SSSR count). The SMILES string of the molecule is C1CCC(CP2SCCS2)CC1. The van der Waals surface area contributed by atoms with Crippen LogP contribution < -0.4 is 0 Å². The van der Waals surface area contributed by atoms with Crippen molar-refractivity contribution >= 4 is 29.1 Å². The Bertz CT molecular complexity index is 128. The molecule has 1 saturated carbocycles. The molecule has 0 unspecified atom stereocenters. The highest BCUT2D eigenvalue weighted by Gasteiger charge is 2.22. The predicted molar refractivity (Wildman–Crippen MR) is 63.3 cm³/mol. The van der Waals surface area contributed by atoms with Gasteiger partial charge in [-0.1, -0.05) is 32.1 Å². The van der Waals surface area contributed by atoms with E-state index in [0.717, 1.165) is 5.92 Å². The van der Waals surface area contributed by atoms with Gasteiger partial charge in [-0.3, -0.25) is 0 Å². The van der Waals surface area contributed by atoms with Gasteiger partial charge in [-0.25, -0.2) is 0 Å². The third kappa shape index (κ3) is 2.82. The van der Waals surface area contributed by atoms with E-state index in [1.807, 2.05) is 0 Å². The van der Waals surface area contributed by atoms with E-state index >= 15 is 0 Å². The van der Waals surface area contributed by atoms with Crippen LogP contribution >= 0.6 is 29.1 Å². The quantitative estimate of drug-likeness (QED) is 0.634.